The molecule has 0 aliphatic carbocycles. The lowest BCUT2D eigenvalue weighted by Gasteiger charge is -2.42. The summed E-state index contributed by atoms with van der Waals surface area (Å²) in [6, 6.07) is 14.4. The van der Waals surface area contributed by atoms with Crippen LogP contribution in [0.3, 0.4) is 0 Å². The number of benzene rings is 2. The molecule has 28 heavy (non-hydrogen) atoms. The third-order valence-electron chi connectivity index (χ3n) is 5.57. The summed E-state index contributed by atoms with van der Waals surface area (Å²) in [5.41, 5.74) is 3.54. The van der Waals surface area contributed by atoms with Gasteiger partial charge in [-0.05, 0) is 42.3 Å². The first kappa shape index (κ1) is 19.6. The summed E-state index contributed by atoms with van der Waals surface area (Å²) in [6.07, 6.45) is 0. The molecule has 2 saturated heterocycles. The van der Waals surface area contributed by atoms with Crippen molar-refractivity contribution in [2.45, 2.75) is 19.4 Å². The Morgan fingerprint density at radius 1 is 1.04 bits per heavy atom. The van der Waals surface area contributed by atoms with Crippen molar-refractivity contribution >= 4 is 34.9 Å². The van der Waals surface area contributed by atoms with Gasteiger partial charge in [0.2, 0.25) is 0 Å². The lowest BCUT2D eigenvalue weighted by molar-refractivity contribution is -0.154. The van der Waals surface area contributed by atoms with Crippen molar-refractivity contribution in [2.24, 2.45) is 5.92 Å². The Balaban J connectivity index is 1.28. The Labute approximate surface area is 176 Å². The van der Waals surface area contributed by atoms with Gasteiger partial charge in [0.05, 0.1) is 12.5 Å². The van der Waals surface area contributed by atoms with Crippen molar-refractivity contribution in [2.75, 3.05) is 37.7 Å². The fourth-order valence-electron chi connectivity index (χ4n) is 3.95. The maximum atomic E-state index is 11.7. The van der Waals surface area contributed by atoms with Crippen molar-refractivity contribution in [3.05, 3.63) is 63.6 Å². The number of hydrogen-bond acceptors (Lipinski definition) is 4. The highest BCUT2D eigenvalue weighted by molar-refractivity contribution is 6.36. The van der Waals surface area contributed by atoms with Gasteiger partial charge in [0.25, 0.3) is 0 Å². The molecule has 4 rings (SSSR count). The zero-order chi connectivity index (χ0) is 19.7. The molecule has 2 fully saturated rings. The van der Waals surface area contributed by atoms with Gasteiger partial charge in [-0.1, -0.05) is 41.4 Å². The molecule has 0 bridgehead atoms. The Kier molecular flexibility index (Phi) is 5.81. The van der Waals surface area contributed by atoms with Gasteiger partial charge in [0, 0.05) is 54.4 Å². The second-order valence-corrected chi connectivity index (χ2v) is 8.36. The molecule has 0 amide bonds. The Morgan fingerprint density at radius 2 is 1.68 bits per heavy atom. The van der Waals surface area contributed by atoms with E-state index in [4.69, 9.17) is 27.9 Å². The standard InChI is InChI=1S/C22H24Cl2N2O2/c1-2-28-22(27)17-11-25(12-17)10-15-6-8-18(9-7-15)26-13-16(14-26)21-19(23)4-3-5-20(21)24/h3-9,16-17H,2,10-14H2,1H3. The first-order chi connectivity index (χ1) is 13.5. The third-order valence-corrected chi connectivity index (χ3v) is 6.23. The number of halogens is 2. The van der Waals surface area contributed by atoms with E-state index in [0.717, 1.165) is 48.3 Å². The highest BCUT2D eigenvalue weighted by Gasteiger charge is 2.34. The molecule has 2 heterocycles. The number of rotatable bonds is 6. The van der Waals surface area contributed by atoms with Crippen molar-refractivity contribution < 1.29 is 9.53 Å². The monoisotopic (exact) mass is 418 g/mol. The first-order valence-electron chi connectivity index (χ1n) is 9.72. The van der Waals surface area contributed by atoms with Crippen molar-refractivity contribution in [1.82, 2.24) is 4.90 Å². The second-order valence-electron chi connectivity index (χ2n) is 7.55. The molecule has 2 aromatic carbocycles. The van der Waals surface area contributed by atoms with Crippen LogP contribution in [0, 0.1) is 5.92 Å². The zero-order valence-corrected chi connectivity index (χ0v) is 17.4. The molecule has 0 N–H and O–H groups in total. The minimum Gasteiger partial charge on any atom is -0.466 e. The number of esters is 1. The van der Waals surface area contributed by atoms with Crippen LogP contribution in [-0.2, 0) is 16.1 Å². The van der Waals surface area contributed by atoms with Crippen molar-refractivity contribution in [3.8, 4) is 0 Å². The summed E-state index contributed by atoms with van der Waals surface area (Å²) in [5.74, 6) is 0.343. The molecule has 6 heteroatoms. The van der Waals surface area contributed by atoms with Gasteiger partial charge in [0.15, 0.2) is 0 Å². The normalized spacial score (nSPS) is 17.9. The Morgan fingerprint density at radius 3 is 2.29 bits per heavy atom. The third kappa shape index (κ3) is 4.00. The van der Waals surface area contributed by atoms with E-state index in [0.29, 0.717) is 12.5 Å². The van der Waals surface area contributed by atoms with E-state index in [2.05, 4.69) is 34.1 Å². The molecule has 2 aromatic rings. The lowest BCUT2D eigenvalue weighted by Crippen LogP contribution is -2.50. The quantitative estimate of drug-likeness (QED) is 0.642. The highest BCUT2D eigenvalue weighted by atomic mass is 35.5. The molecule has 4 nitrogen and oxygen atoms in total. The average Bonchev–Trinajstić information content (AvgIpc) is 2.60. The molecule has 2 aliphatic rings. The van der Waals surface area contributed by atoms with E-state index < -0.39 is 0 Å². The van der Waals surface area contributed by atoms with E-state index in [1.807, 2.05) is 25.1 Å². The van der Waals surface area contributed by atoms with Crippen LogP contribution in [-0.4, -0.2) is 43.7 Å². The largest absolute Gasteiger partial charge is 0.466 e. The van der Waals surface area contributed by atoms with Gasteiger partial charge in [-0.15, -0.1) is 0 Å². The van der Waals surface area contributed by atoms with Gasteiger partial charge < -0.3 is 9.64 Å². The Hall–Kier alpha value is -1.75. The summed E-state index contributed by atoms with van der Waals surface area (Å²) < 4.78 is 5.07. The number of carbonyl (C=O) groups excluding carboxylic acids is 1. The highest BCUT2D eigenvalue weighted by Crippen LogP contribution is 2.38. The van der Waals surface area contributed by atoms with Crippen LogP contribution in [0.1, 0.15) is 24.0 Å². The van der Waals surface area contributed by atoms with Crippen LogP contribution < -0.4 is 4.90 Å². The number of ether oxygens (including phenoxy) is 1. The maximum Gasteiger partial charge on any atom is 0.311 e. The number of hydrogen-bond donors (Lipinski definition) is 0. The summed E-state index contributed by atoms with van der Waals surface area (Å²) >= 11 is 12.7. The summed E-state index contributed by atoms with van der Waals surface area (Å²) in [4.78, 5) is 16.3. The van der Waals surface area contributed by atoms with Gasteiger partial charge in [-0.2, -0.15) is 0 Å². The number of anilines is 1. The fraction of sp³-hybridized carbons (Fsp3) is 0.409. The molecular formula is C22H24Cl2N2O2. The maximum absolute atomic E-state index is 11.7. The molecule has 0 spiro atoms. The molecule has 0 saturated carbocycles. The predicted octanol–water partition coefficient (Wildman–Crippen LogP) is 4.59. The molecule has 0 aromatic heterocycles. The second kappa shape index (κ2) is 8.32. The van der Waals surface area contributed by atoms with E-state index in [1.165, 1.54) is 11.3 Å². The molecule has 0 radical (unpaired) electrons. The molecular weight excluding hydrogens is 395 g/mol. The van der Waals surface area contributed by atoms with E-state index in [1.54, 1.807) is 0 Å². The Bertz CT molecular complexity index is 824. The zero-order valence-electron chi connectivity index (χ0n) is 15.9. The first-order valence-corrected chi connectivity index (χ1v) is 10.5. The number of nitrogens with zero attached hydrogens (tertiary/aromatic N) is 2. The van der Waals surface area contributed by atoms with Crippen LogP contribution in [0.2, 0.25) is 10.0 Å². The van der Waals surface area contributed by atoms with Crippen molar-refractivity contribution in [1.29, 1.82) is 0 Å². The van der Waals surface area contributed by atoms with Crippen LogP contribution >= 0.6 is 23.2 Å². The predicted molar refractivity (Wildman–Crippen MR) is 113 cm³/mol. The topological polar surface area (TPSA) is 32.8 Å². The van der Waals surface area contributed by atoms with Crippen molar-refractivity contribution in [3.63, 3.8) is 0 Å². The van der Waals surface area contributed by atoms with Gasteiger partial charge in [-0.25, -0.2) is 0 Å². The van der Waals surface area contributed by atoms with Crippen LogP contribution in [0.4, 0.5) is 5.69 Å². The van der Waals surface area contributed by atoms with E-state index in [9.17, 15) is 4.79 Å². The summed E-state index contributed by atoms with van der Waals surface area (Å²) in [6.45, 7) is 6.59. The molecule has 0 unspecified atom stereocenters. The smallest absolute Gasteiger partial charge is 0.311 e. The lowest BCUT2D eigenvalue weighted by atomic mass is 9.90. The van der Waals surface area contributed by atoms with Crippen LogP contribution in [0.5, 0.6) is 0 Å². The minimum atomic E-state index is -0.0694. The molecule has 148 valence electrons. The average molecular weight is 419 g/mol. The number of likely N-dealkylation sites (tertiary alicyclic amines) is 1. The van der Waals surface area contributed by atoms with Crippen LogP contribution in [0.25, 0.3) is 0 Å². The van der Waals surface area contributed by atoms with E-state index in [-0.39, 0.29) is 11.9 Å². The molecule has 2 aliphatic heterocycles. The van der Waals surface area contributed by atoms with E-state index >= 15 is 0 Å². The fourth-order valence-corrected chi connectivity index (χ4v) is 4.66. The van der Waals surface area contributed by atoms with Gasteiger partial charge in [0.1, 0.15) is 0 Å². The SMILES string of the molecule is CCOC(=O)C1CN(Cc2ccc(N3CC(c4c(Cl)cccc4Cl)C3)cc2)C1. The van der Waals surface area contributed by atoms with Crippen LogP contribution in [0.15, 0.2) is 42.5 Å². The summed E-state index contributed by atoms with van der Waals surface area (Å²) in [5, 5.41) is 1.51. The number of carbonyl (C=O) groups is 1. The van der Waals surface area contributed by atoms with Gasteiger partial charge in [-0.3, -0.25) is 9.69 Å². The molecule has 0 atom stereocenters. The summed E-state index contributed by atoms with van der Waals surface area (Å²) in [7, 11) is 0. The minimum absolute atomic E-state index is 0.0360. The van der Waals surface area contributed by atoms with Gasteiger partial charge >= 0.3 is 5.97 Å².